The van der Waals surface area contributed by atoms with Crippen LogP contribution in [0.5, 0.6) is 0 Å². The van der Waals surface area contributed by atoms with Crippen molar-refractivity contribution in [1.29, 1.82) is 0 Å². The largest absolute Gasteiger partial charge is 0.455 e. The minimum Gasteiger partial charge on any atom is -0.455 e. The lowest BCUT2D eigenvalue weighted by Crippen LogP contribution is -2.27. The summed E-state index contributed by atoms with van der Waals surface area (Å²) < 4.78 is 6.88. The number of benzene rings is 5. The van der Waals surface area contributed by atoms with Gasteiger partial charge in [0.2, 0.25) is 0 Å². The van der Waals surface area contributed by atoms with Gasteiger partial charge in [0.15, 0.2) is 0 Å². The van der Waals surface area contributed by atoms with E-state index >= 15 is 0 Å². The molecule has 3 heterocycles. The van der Waals surface area contributed by atoms with Crippen LogP contribution in [0.25, 0.3) is 44.2 Å². The van der Waals surface area contributed by atoms with Gasteiger partial charge in [-0.15, -0.1) is 0 Å². The third kappa shape index (κ3) is 4.19. The van der Waals surface area contributed by atoms with Crippen LogP contribution in [-0.4, -0.2) is 17.5 Å². The predicted molar refractivity (Wildman–Crippen MR) is 184 cm³/mol. The number of aryl methyl sites for hydroxylation is 1. The number of fused-ring (bicyclic) bond motifs is 8. The van der Waals surface area contributed by atoms with Gasteiger partial charge in [0.05, 0.1) is 17.5 Å². The number of hydrogen-bond donors (Lipinski definition) is 0. The van der Waals surface area contributed by atoms with Crippen LogP contribution in [0.2, 0.25) is 0 Å². The molecule has 0 saturated carbocycles. The van der Waals surface area contributed by atoms with Crippen LogP contribution < -0.4 is 0 Å². The van der Waals surface area contributed by atoms with Crippen molar-refractivity contribution in [2.75, 3.05) is 0 Å². The zero-order valence-electron chi connectivity index (χ0n) is 24.8. The molecule has 212 valence electrons. The lowest BCUT2D eigenvalue weighted by molar-refractivity contribution is 0.540. The molecule has 0 spiro atoms. The predicted octanol–water partition coefficient (Wildman–Crippen LogP) is 10.3. The van der Waals surface area contributed by atoms with E-state index in [1.165, 1.54) is 27.8 Å². The summed E-state index contributed by atoms with van der Waals surface area (Å²) in [5.41, 5.74) is 13.8. The van der Waals surface area contributed by atoms with E-state index in [1.807, 2.05) is 12.1 Å². The van der Waals surface area contributed by atoms with E-state index in [0.717, 1.165) is 68.6 Å². The van der Waals surface area contributed by atoms with Crippen LogP contribution in [-0.2, 0) is 6.42 Å². The molecule has 5 aromatic carbocycles. The highest BCUT2D eigenvalue weighted by molar-refractivity contribution is 6.20. The van der Waals surface area contributed by atoms with Crippen molar-refractivity contribution in [3.05, 3.63) is 156 Å². The van der Waals surface area contributed by atoms with Crippen molar-refractivity contribution in [2.24, 2.45) is 9.98 Å². The Morgan fingerprint density at radius 1 is 0.795 bits per heavy atom. The standard InChI is InChI=1S/C41H32N2O/c1-4-36-32-18-12-11-17-31(32)33-21-20-30-23-35(28-15-9-6-10-16-28)39-34-22-19-29(27-13-7-5-8-14-27)24-37(34)44-41(39)38(30)25(2)42-26(3)40(33)43-36/h4-19,22-24,33,40H,1,3,20-21H2,2H3. The highest BCUT2D eigenvalue weighted by Gasteiger charge is 2.34. The molecule has 8 rings (SSSR count). The van der Waals surface area contributed by atoms with Crippen LogP contribution in [0.15, 0.2) is 149 Å². The van der Waals surface area contributed by atoms with Gasteiger partial charge in [-0.1, -0.05) is 104 Å². The van der Waals surface area contributed by atoms with Gasteiger partial charge in [-0.3, -0.25) is 9.98 Å². The molecule has 2 atom stereocenters. The van der Waals surface area contributed by atoms with Crippen LogP contribution in [0.1, 0.15) is 41.5 Å². The zero-order chi connectivity index (χ0) is 29.8. The maximum Gasteiger partial charge on any atom is 0.145 e. The first-order valence-corrected chi connectivity index (χ1v) is 15.3. The molecule has 2 aliphatic rings. The van der Waals surface area contributed by atoms with E-state index in [2.05, 4.69) is 123 Å². The molecule has 3 heteroatoms. The molecule has 1 aromatic heterocycles. The van der Waals surface area contributed by atoms with Gasteiger partial charge in [0, 0.05) is 33.5 Å². The molecule has 0 radical (unpaired) electrons. The Balaban J connectivity index is 1.38. The number of aliphatic imine (C=N–C) groups is 2. The van der Waals surface area contributed by atoms with Crippen molar-refractivity contribution < 1.29 is 4.42 Å². The fourth-order valence-electron chi connectivity index (χ4n) is 7.22. The number of allylic oxidation sites excluding steroid dienone is 1. The first-order chi connectivity index (χ1) is 21.6. The molecule has 3 nitrogen and oxygen atoms in total. The van der Waals surface area contributed by atoms with Crippen molar-refractivity contribution in [3.8, 4) is 22.3 Å². The first-order valence-electron chi connectivity index (χ1n) is 15.3. The Morgan fingerprint density at radius 3 is 2.30 bits per heavy atom. The van der Waals surface area contributed by atoms with E-state index in [9.17, 15) is 0 Å². The average Bonchev–Trinajstić information content (AvgIpc) is 3.46. The first kappa shape index (κ1) is 26.4. The van der Waals surface area contributed by atoms with Gasteiger partial charge >= 0.3 is 0 Å². The highest BCUT2D eigenvalue weighted by Crippen LogP contribution is 2.44. The molecular formula is C41H32N2O. The Labute approximate surface area is 257 Å². The molecule has 2 aliphatic heterocycles. The SMILES string of the molecule is C=CC1=NC2C(=C)N=C(C)c3c(cc(-c4ccccc4)c4c3oc3cc(-c5ccccc5)ccc34)CCC2c2ccccc21. The van der Waals surface area contributed by atoms with Crippen molar-refractivity contribution >= 4 is 33.4 Å². The fourth-order valence-corrected chi connectivity index (χ4v) is 7.22. The van der Waals surface area contributed by atoms with E-state index in [0.29, 0.717) is 0 Å². The van der Waals surface area contributed by atoms with Gasteiger partial charge in [0.25, 0.3) is 0 Å². The highest BCUT2D eigenvalue weighted by atomic mass is 16.3. The summed E-state index contributed by atoms with van der Waals surface area (Å²) in [6.07, 6.45) is 3.64. The molecule has 0 saturated heterocycles. The summed E-state index contributed by atoms with van der Waals surface area (Å²) in [5.74, 6) is 0.171. The third-order valence-electron chi connectivity index (χ3n) is 9.25. The fraction of sp³-hybridized carbons (Fsp3) is 0.122. The Hall–Kier alpha value is -5.28. The van der Waals surface area contributed by atoms with Crippen molar-refractivity contribution in [1.82, 2.24) is 0 Å². The smallest absolute Gasteiger partial charge is 0.145 e. The number of hydrogen-bond acceptors (Lipinski definition) is 3. The zero-order valence-corrected chi connectivity index (χ0v) is 24.8. The molecule has 0 N–H and O–H groups in total. The molecule has 6 aromatic rings. The van der Waals surface area contributed by atoms with E-state index in [4.69, 9.17) is 14.4 Å². The van der Waals surface area contributed by atoms with Crippen LogP contribution in [0, 0.1) is 0 Å². The quantitative estimate of drug-likeness (QED) is 0.209. The molecular weight excluding hydrogens is 536 g/mol. The van der Waals surface area contributed by atoms with Crippen molar-refractivity contribution in [2.45, 2.75) is 31.7 Å². The third-order valence-corrected chi connectivity index (χ3v) is 9.25. The monoisotopic (exact) mass is 568 g/mol. The number of rotatable bonds is 3. The summed E-state index contributed by atoms with van der Waals surface area (Å²) in [7, 11) is 0. The van der Waals surface area contributed by atoms with E-state index in [-0.39, 0.29) is 12.0 Å². The maximum atomic E-state index is 6.88. The summed E-state index contributed by atoms with van der Waals surface area (Å²) in [4.78, 5) is 10.3. The second-order valence-electron chi connectivity index (χ2n) is 11.8. The van der Waals surface area contributed by atoms with Crippen LogP contribution in [0.4, 0.5) is 0 Å². The minimum absolute atomic E-state index is 0.143. The van der Waals surface area contributed by atoms with Crippen molar-refractivity contribution in [3.63, 3.8) is 0 Å². The molecule has 0 fully saturated rings. The number of nitrogens with zero attached hydrogens (tertiary/aromatic N) is 2. The van der Waals surface area contributed by atoms with Crippen LogP contribution in [0.3, 0.4) is 0 Å². The molecule has 2 unspecified atom stereocenters. The minimum atomic E-state index is -0.143. The maximum absolute atomic E-state index is 6.88. The van der Waals surface area contributed by atoms with Gasteiger partial charge in [-0.05, 0) is 77.4 Å². The summed E-state index contributed by atoms with van der Waals surface area (Å²) in [6, 6.07) is 38.5. The Bertz CT molecular complexity index is 2170. The van der Waals surface area contributed by atoms with E-state index < -0.39 is 0 Å². The van der Waals surface area contributed by atoms with E-state index in [1.54, 1.807) is 0 Å². The Morgan fingerprint density at radius 2 is 1.52 bits per heavy atom. The van der Waals surface area contributed by atoms with Gasteiger partial charge in [-0.25, -0.2) is 0 Å². The summed E-state index contributed by atoms with van der Waals surface area (Å²) in [5, 5.41) is 2.23. The Kier molecular flexibility index (Phi) is 6.27. The second kappa shape index (κ2) is 10.5. The normalized spacial score (nSPS) is 17.9. The summed E-state index contributed by atoms with van der Waals surface area (Å²) >= 11 is 0. The van der Waals surface area contributed by atoms with Gasteiger partial charge in [0.1, 0.15) is 11.2 Å². The summed E-state index contributed by atoms with van der Waals surface area (Å²) in [6.45, 7) is 10.6. The molecule has 0 bridgehead atoms. The number of furan rings is 1. The van der Waals surface area contributed by atoms with Gasteiger partial charge in [-0.2, -0.15) is 0 Å². The van der Waals surface area contributed by atoms with Gasteiger partial charge < -0.3 is 4.42 Å². The molecule has 0 amide bonds. The second-order valence-corrected chi connectivity index (χ2v) is 11.8. The molecule has 44 heavy (non-hydrogen) atoms. The molecule has 0 aliphatic carbocycles. The lowest BCUT2D eigenvalue weighted by Gasteiger charge is -2.31. The van der Waals surface area contributed by atoms with Crippen LogP contribution >= 0.6 is 0 Å². The average molecular weight is 569 g/mol. The lowest BCUT2D eigenvalue weighted by atomic mass is 9.79. The topological polar surface area (TPSA) is 37.9 Å².